The molecule has 0 aromatic heterocycles. The van der Waals surface area contributed by atoms with Crippen LogP contribution in [-0.2, 0) is 23.4 Å². The van der Waals surface area contributed by atoms with E-state index in [2.05, 4.69) is 32.9 Å². The molecule has 0 bridgehead atoms. The van der Waals surface area contributed by atoms with Crippen molar-refractivity contribution in [2.45, 2.75) is 54.7 Å². The number of aromatic hydroxyl groups is 1. The van der Waals surface area contributed by atoms with Gasteiger partial charge in [-0.05, 0) is 82.7 Å². The summed E-state index contributed by atoms with van der Waals surface area (Å²) in [6, 6.07) is 31.2. The standard InChI is InChI=1S/C31H32O3S/c1-4-23-21-24(5-2)30(25(6-3)22-23)35(26-15-9-7-10-16-26,27-17-11-8-12-18-27)34-31(33)28-19-13-14-20-29(28)32/h7-22,32H,4-6H2,1-3H3. The molecule has 0 heterocycles. The van der Waals surface area contributed by atoms with Crippen LogP contribution in [0.25, 0.3) is 0 Å². The first-order valence-electron chi connectivity index (χ1n) is 12.1. The van der Waals surface area contributed by atoms with E-state index in [1.54, 1.807) is 18.2 Å². The van der Waals surface area contributed by atoms with E-state index in [0.717, 1.165) is 33.9 Å². The Balaban J connectivity index is 2.10. The average Bonchev–Trinajstić information content (AvgIpc) is 2.92. The maximum atomic E-state index is 13.8. The Hall–Kier alpha value is -3.50. The minimum absolute atomic E-state index is 0.0836. The van der Waals surface area contributed by atoms with Gasteiger partial charge in [0.25, 0.3) is 0 Å². The van der Waals surface area contributed by atoms with Crippen LogP contribution in [-0.4, -0.2) is 11.1 Å². The molecule has 0 amide bonds. The zero-order valence-corrected chi connectivity index (χ0v) is 21.3. The van der Waals surface area contributed by atoms with Crippen LogP contribution < -0.4 is 0 Å². The van der Waals surface area contributed by atoms with Crippen molar-refractivity contribution in [3.63, 3.8) is 0 Å². The van der Waals surface area contributed by atoms with Gasteiger partial charge in [-0.15, -0.1) is 0 Å². The molecule has 35 heavy (non-hydrogen) atoms. The lowest BCUT2D eigenvalue weighted by Gasteiger charge is -2.42. The van der Waals surface area contributed by atoms with E-state index in [0.29, 0.717) is 0 Å². The number of hydrogen-bond acceptors (Lipinski definition) is 3. The van der Waals surface area contributed by atoms with Crippen LogP contribution in [0.15, 0.2) is 112 Å². The number of carbonyl (C=O) groups is 1. The minimum atomic E-state index is -2.47. The first-order chi connectivity index (χ1) is 17.0. The Kier molecular flexibility index (Phi) is 7.62. The van der Waals surface area contributed by atoms with Crippen LogP contribution in [0, 0.1) is 0 Å². The van der Waals surface area contributed by atoms with E-state index < -0.39 is 16.3 Å². The molecule has 0 saturated carbocycles. The van der Waals surface area contributed by atoms with Crippen LogP contribution in [0.1, 0.15) is 47.8 Å². The second-order valence-electron chi connectivity index (χ2n) is 8.37. The van der Waals surface area contributed by atoms with Crippen LogP contribution in [0.5, 0.6) is 5.75 Å². The molecule has 0 aliphatic heterocycles. The largest absolute Gasteiger partial charge is 0.507 e. The van der Waals surface area contributed by atoms with Gasteiger partial charge in [-0.3, -0.25) is 0 Å². The number of benzene rings is 4. The topological polar surface area (TPSA) is 46.5 Å². The number of aryl methyl sites for hydroxylation is 3. The van der Waals surface area contributed by atoms with Gasteiger partial charge in [0.1, 0.15) is 11.3 Å². The summed E-state index contributed by atoms with van der Waals surface area (Å²) in [6.07, 6.45) is 2.58. The zero-order valence-electron chi connectivity index (χ0n) is 20.5. The second kappa shape index (κ2) is 10.8. The van der Waals surface area contributed by atoms with Crippen molar-refractivity contribution in [2.24, 2.45) is 0 Å². The molecule has 4 aromatic carbocycles. The monoisotopic (exact) mass is 484 g/mol. The molecule has 4 rings (SSSR count). The van der Waals surface area contributed by atoms with Crippen LogP contribution in [0.2, 0.25) is 0 Å². The SMILES string of the molecule is CCc1cc(CC)c(S(OC(=O)c2ccccc2O)(c2ccccc2)c2ccccc2)c(CC)c1. The summed E-state index contributed by atoms with van der Waals surface area (Å²) < 4.78 is 6.71. The average molecular weight is 485 g/mol. The van der Waals surface area contributed by atoms with E-state index >= 15 is 0 Å². The number of para-hydroxylation sites is 1. The lowest BCUT2D eigenvalue weighted by atomic mass is 10.0. The molecule has 180 valence electrons. The van der Waals surface area contributed by atoms with Gasteiger partial charge in [-0.25, -0.2) is 4.79 Å². The van der Waals surface area contributed by atoms with Crippen molar-refractivity contribution in [3.05, 3.63) is 119 Å². The molecular weight excluding hydrogens is 452 g/mol. The van der Waals surface area contributed by atoms with Crippen molar-refractivity contribution in [1.82, 2.24) is 0 Å². The molecule has 0 unspecified atom stereocenters. The van der Waals surface area contributed by atoms with Gasteiger partial charge in [-0.1, -0.05) is 81.4 Å². The molecule has 0 radical (unpaired) electrons. The molecule has 0 atom stereocenters. The normalized spacial score (nSPS) is 11.7. The summed E-state index contributed by atoms with van der Waals surface area (Å²) in [7, 11) is -2.47. The third-order valence-electron chi connectivity index (χ3n) is 6.23. The summed E-state index contributed by atoms with van der Waals surface area (Å²) in [4.78, 5) is 16.7. The Labute approximate surface area is 209 Å². The fraction of sp³-hybridized carbons (Fsp3) is 0.194. The van der Waals surface area contributed by atoms with Gasteiger partial charge in [0.2, 0.25) is 0 Å². The van der Waals surface area contributed by atoms with Gasteiger partial charge in [-0.2, -0.15) is 0 Å². The number of phenolic OH excluding ortho intramolecular Hbond substituents is 1. The zero-order chi connectivity index (χ0) is 24.8. The molecule has 4 heteroatoms. The number of hydrogen-bond donors (Lipinski definition) is 1. The smallest absolute Gasteiger partial charge is 0.353 e. The highest BCUT2D eigenvalue weighted by Gasteiger charge is 2.39. The van der Waals surface area contributed by atoms with Gasteiger partial charge >= 0.3 is 5.97 Å². The van der Waals surface area contributed by atoms with Crippen molar-refractivity contribution in [1.29, 1.82) is 0 Å². The third-order valence-corrected chi connectivity index (χ3v) is 9.61. The Morgan fingerprint density at radius 3 is 1.66 bits per heavy atom. The summed E-state index contributed by atoms with van der Waals surface area (Å²) in [5.74, 6) is -0.617. The second-order valence-corrected chi connectivity index (χ2v) is 11.0. The first kappa shape index (κ1) is 24.6. The van der Waals surface area contributed by atoms with Gasteiger partial charge in [0, 0.05) is 14.7 Å². The molecule has 4 aromatic rings. The van der Waals surface area contributed by atoms with E-state index in [4.69, 9.17) is 4.18 Å². The molecule has 0 fully saturated rings. The third kappa shape index (κ3) is 4.71. The van der Waals surface area contributed by atoms with E-state index in [1.807, 2.05) is 60.7 Å². The maximum Gasteiger partial charge on any atom is 0.353 e. The van der Waals surface area contributed by atoms with E-state index in [-0.39, 0.29) is 11.3 Å². The van der Waals surface area contributed by atoms with Gasteiger partial charge in [0.15, 0.2) is 0 Å². The highest BCUT2D eigenvalue weighted by molar-refractivity contribution is 8.30. The summed E-state index contributed by atoms with van der Waals surface area (Å²) in [6.45, 7) is 6.48. The minimum Gasteiger partial charge on any atom is -0.507 e. The maximum absolute atomic E-state index is 13.8. The van der Waals surface area contributed by atoms with Crippen molar-refractivity contribution >= 4 is 16.3 Å². The number of rotatable bonds is 8. The van der Waals surface area contributed by atoms with Crippen molar-refractivity contribution in [3.8, 4) is 5.75 Å². The summed E-state index contributed by atoms with van der Waals surface area (Å²) in [5.41, 5.74) is 3.82. The Morgan fingerprint density at radius 1 is 0.714 bits per heavy atom. The molecular formula is C31H32O3S. The summed E-state index contributed by atoms with van der Waals surface area (Å²) >= 11 is 0. The highest BCUT2D eigenvalue weighted by Crippen LogP contribution is 2.71. The Bertz CT molecular complexity index is 1230. The predicted molar refractivity (Wildman–Crippen MR) is 143 cm³/mol. The number of carbonyl (C=O) groups excluding carboxylic acids is 1. The van der Waals surface area contributed by atoms with Crippen LogP contribution in [0.3, 0.4) is 0 Å². The van der Waals surface area contributed by atoms with E-state index in [1.165, 1.54) is 22.8 Å². The molecule has 3 nitrogen and oxygen atoms in total. The fourth-order valence-electron chi connectivity index (χ4n) is 4.46. The highest BCUT2D eigenvalue weighted by atomic mass is 32.3. The lowest BCUT2D eigenvalue weighted by Crippen LogP contribution is -2.17. The van der Waals surface area contributed by atoms with Gasteiger partial charge in [0.05, 0.1) is 0 Å². The fourth-order valence-corrected chi connectivity index (χ4v) is 8.03. The molecule has 0 saturated heterocycles. The molecule has 0 spiro atoms. The lowest BCUT2D eigenvalue weighted by molar-refractivity contribution is 0.0754. The van der Waals surface area contributed by atoms with E-state index in [9.17, 15) is 9.90 Å². The van der Waals surface area contributed by atoms with Gasteiger partial charge < -0.3 is 9.29 Å². The summed E-state index contributed by atoms with van der Waals surface area (Å²) in [5, 5.41) is 10.5. The molecule has 0 aliphatic rings. The molecule has 1 N–H and O–H groups in total. The first-order valence-corrected chi connectivity index (χ1v) is 13.7. The van der Waals surface area contributed by atoms with Crippen LogP contribution in [0.4, 0.5) is 0 Å². The van der Waals surface area contributed by atoms with Crippen molar-refractivity contribution in [2.75, 3.05) is 0 Å². The molecule has 0 aliphatic carbocycles. The van der Waals surface area contributed by atoms with Crippen molar-refractivity contribution < 1.29 is 14.1 Å². The predicted octanol–water partition coefficient (Wildman–Crippen LogP) is 8.13. The Morgan fingerprint density at radius 2 is 1.20 bits per heavy atom. The van der Waals surface area contributed by atoms with Crippen LogP contribution >= 0.6 is 10.3 Å². The quantitative estimate of drug-likeness (QED) is 0.275. The number of phenols is 1.